The first-order valence-electron chi connectivity index (χ1n) is 6.87. The smallest absolute Gasteiger partial charge is 0.231 e. The topological polar surface area (TPSA) is 73.8 Å². The van der Waals surface area contributed by atoms with Crippen LogP contribution in [0.4, 0.5) is 0 Å². The van der Waals surface area contributed by atoms with Gasteiger partial charge < -0.3 is 5.73 Å². The van der Waals surface area contributed by atoms with Crippen molar-refractivity contribution in [1.29, 1.82) is 0 Å². The third-order valence-corrected chi connectivity index (χ3v) is 4.31. The molecule has 0 aliphatic heterocycles. The molecule has 1 aromatic heterocycles. The third kappa shape index (κ3) is 1.72. The van der Waals surface area contributed by atoms with Crippen LogP contribution < -0.4 is 5.73 Å². The molecule has 2 aliphatic carbocycles. The van der Waals surface area contributed by atoms with E-state index in [0.29, 0.717) is 6.04 Å². The number of carbonyl (C=O) groups is 1. The zero-order chi connectivity index (χ0) is 12.8. The minimum Gasteiger partial charge on any atom is -0.369 e. The molecule has 18 heavy (non-hydrogen) atoms. The molecule has 0 radical (unpaired) electrons. The number of carbonyl (C=O) groups excluding carboxylic acids is 1. The number of primary amides is 1. The molecule has 2 N–H and O–H groups in total. The molecule has 2 saturated carbocycles. The monoisotopic (exact) mass is 248 g/mol. The van der Waals surface area contributed by atoms with Crippen LogP contribution in [0.3, 0.4) is 0 Å². The molecule has 5 nitrogen and oxygen atoms in total. The van der Waals surface area contributed by atoms with E-state index in [0.717, 1.165) is 37.3 Å². The Balaban J connectivity index is 1.97. The van der Waals surface area contributed by atoms with Crippen LogP contribution in [0, 0.1) is 6.92 Å². The van der Waals surface area contributed by atoms with Crippen molar-refractivity contribution < 1.29 is 4.79 Å². The maximum Gasteiger partial charge on any atom is 0.231 e. The Labute approximate surface area is 107 Å². The van der Waals surface area contributed by atoms with Crippen LogP contribution in [0.15, 0.2) is 0 Å². The summed E-state index contributed by atoms with van der Waals surface area (Å²) in [6.07, 6.45) is 7.73. The zero-order valence-electron chi connectivity index (χ0n) is 10.9. The Morgan fingerprint density at radius 1 is 1.33 bits per heavy atom. The Morgan fingerprint density at radius 3 is 2.56 bits per heavy atom. The van der Waals surface area contributed by atoms with Crippen LogP contribution in [-0.2, 0) is 10.2 Å². The van der Waals surface area contributed by atoms with Crippen molar-refractivity contribution in [3.05, 3.63) is 11.6 Å². The molecule has 2 fully saturated rings. The summed E-state index contributed by atoms with van der Waals surface area (Å²) in [6, 6.07) is 0.409. The maximum absolute atomic E-state index is 11.7. The van der Waals surface area contributed by atoms with Gasteiger partial charge in [0.05, 0.1) is 6.04 Å². The number of hydrogen-bond acceptors (Lipinski definition) is 3. The van der Waals surface area contributed by atoms with E-state index in [2.05, 4.69) is 10.1 Å². The predicted octanol–water partition coefficient (Wildman–Crippen LogP) is 1.61. The second kappa shape index (κ2) is 4.07. The molecule has 1 aromatic rings. The molecule has 0 aromatic carbocycles. The van der Waals surface area contributed by atoms with Gasteiger partial charge in [0.25, 0.3) is 0 Å². The molecular weight excluding hydrogens is 228 g/mol. The fourth-order valence-electron chi connectivity index (χ4n) is 3.04. The van der Waals surface area contributed by atoms with E-state index in [9.17, 15) is 4.79 Å². The lowest BCUT2D eigenvalue weighted by Gasteiger charge is -2.24. The fourth-order valence-corrected chi connectivity index (χ4v) is 3.04. The highest BCUT2D eigenvalue weighted by atomic mass is 16.1. The summed E-state index contributed by atoms with van der Waals surface area (Å²) in [4.78, 5) is 16.2. The van der Waals surface area contributed by atoms with Gasteiger partial charge in [-0.25, -0.2) is 9.67 Å². The van der Waals surface area contributed by atoms with Crippen LogP contribution in [0.5, 0.6) is 0 Å². The van der Waals surface area contributed by atoms with Gasteiger partial charge in [-0.15, -0.1) is 0 Å². The zero-order valence-corrected chi connectivity index (χ0v) is 10.9. The van der Waals surface area contributed by atoms with E-state index >= 15 is 0 Å². The van der Waals surface area contributed by atoms with E-state index in [1.54, 1.807) is 0 Å². The van der Waals surface area contributed by atoms with E-state index in [1.807, 2.05) is 11.6 Å². The van der Waals surface area contributed by atoms with Crippen molar-refractivity contribution in [2.24, 2.45) is 5.73 Å². The van der Waals surface area contributed by atoms with Gasteiger partial charge in [-0.05, 0) is 32.6 Å². The Kier molecular flexibility index (Phi) is 2.64. The minimum atomic E-state index is -0.515. The van der Waals surface area contributed by atoms with Gasteiger partial charge >= 0.3 is 0 Å². The summed E-state index contributed by atoms with van der Waals surface area (Å²) < 4.78 is 2.01. The number of amides is 1. The molecule has 5 heteroatoms. The SMILES string of the molecule is Cc1nc(C2(C(N)=O)CC2)n(C2CCCCC2)n1. The average Bonchev–Trinajstić information content (AvgIpc) is 3.09. The van der Waals surface area contributed by atoms with Crippen LogP contribution in [0.2, 0.25) is 0 Å². The van der Waals surface area contributed by atoms with Crippen LogP contribution in [-0.4, -0.2) is 20.7 Å². The first-order chi connectivity index (χ1) is 8.63. The minimum absolute atomic E-state index is 0.244. The van der Waals surface area contributed by atoms with Crippen LogP contribution in [0.25, 0.3) is 0 Å². The summed E-state index contributed by atoms with van der Waals surface area (Å²) in [7, 11) is 0. The van der Waals surface area contributed by atoms with Crippen LogP contribution >= 0.6 is 0 Å². The van der Waals surface area contributed by atoms with Gasteiger partial charge in [-0.3, -0.25) is 4.79 Å². The van der Waals surface area contributed by atoms with E-state index < -0.39 is 5.41 Å². The number of hydrogen-bond donors (Lipinski definition) is 1. The van der Waals surface area contributed by atoms with E-state index in [4.69, 9.17) is 5.73 Å². The summed E-state index contributed by atoms with van der Waals surface area (Å²) in [5.41, 5.74) is 5.04. The Morgan fingerprint density at radius 2 is 2.00 bits per heavy atom. The van der Waals surface area contributed by atoms with Crippen molar-refractivity contribution in [2.45, 2.75) is 63.3 Å². The number of rotatable bonds is 3. The first kappa shape index (κ1) is 11.7. The third-order valence-electron chi connectivity index (χ3n) is 4.31. The quantitative estimate of drug-likeness (QED) is 0.883. The van der Waals surface area contributed by atoms with E-state index in [1.165, 1.54) is 19.3 Å². The van der Waals surface area contributed by atoms with Crippen LogP contribution in [0.1, 0.15) is 62.6 Å². The fraction of sp³-hybridized carbons (Fsp3) is 0.769. The first-order valence-corrected chi connectivity index (χ1v) is 6.87. The average molecular weight is 248 g/mol. The number of nitrogens with zero attached hydrogens (tertiary/aromatic N) is 3. The van der Waals surface area contributed by atoms with E-state index in [-0.39, 0.29) is 5.91 Å². The molecule has 98 valence electrons. The van der Waals surface area contributed by atoms with Gasteiger partial charge in [0.15, 0.2) is 0 Å². The molecule has 1 amide bonds. The largest absolute Gasteiger partial charge is 0.369 e. The second-order valence-electron chi connectivity index (χ2n) is 5.67. The van der Waals surface area contributed by atoms with Crippen molar-refractivity contribution in [3.8, 4) is 0 Å². The molecule has 0 spiro atoms. The predicted molar refractivity (Wildman–Crippen MR) is 67.0 cm³/mol. The molecule has 0 unspecified atom stereocenters. The molecule has 1 heterocycles. The molecular formula is C13H20N4O. The van der Waals surface area contributed by atoms with Gasteiger partial charge in [0.1, 0.15) is 17.1 Å². The molecule has 0 saturated heterocycles. The molecule has 0 bridgehead atoms. The summed E-state index contributed by atoms with van der Waals surface area (Å²) in [5, 5.41) is 4.52. The molecule has 2 aliphatic rings. The van der Waals surface area contributed by atoms with Gasteiger partial charge in [-0.2, -0.15) is 5.10 Å². The lowest BCUT2D eigenvalue weighted by Crippen LogP contribution is -2.33. The van der Waals surface area contributed by atoms with Crippen molar-refractivity contribution in [3.63, 3.8) is 0 Å². The highest BCUT2D eigenvalue weighted by Crippen LogP contribution is 2.48. The number of nitrogens with two attached hydrogens (primary N) is 1. The summed E-state index contributed by atoms with van der Waals surface area (Å²) in [6.45, 7) is 1.89. The highest BCUT2D eigenvalue weighted by molar-refractivity contribution is 5.88. The highest BCUT2D eigenvalue weighted by Gasteiger charge is 2.54. The summed E-state index contributed by atoms with van der Waals surface area (Å²) in [5.74, 6) is 1.33. The number of aromatic nitrogens is 3. The van der Waals surface area contributed by atoms with Crippen molar-refractivity contribution in [2.75, 3.05) is 0 Å². The molecule has 3 rings (SSSR count). The maximum atomic E-state index is 11.7. The lowest BCUT2D eigenvalue weighted by molar-refractivity contribution is -0.120. The normalized spacial score (nSPS) is 22.9. The Bertz CT molecular complexity index is 469. The second-order valence-corrected chi connectivity index (χ2v) is 5.67. The van der Waals surface area contributed by atoms with Crippen molar-refractivity contribution >= 4 is 5.91 Å². The molecule has 0 atom stereocenters. The van der Waals surface area contributed by atoms with Gasteiger partial charge in [0.2, 0.25) is 5.91 Å². The van der Waals surface area contributed by atoms with Gasteiger partial charge in [-0.1, -0.05) is 19.3 Å². The van der Waals surface area contributed by atoms with Gasteiger partial charge in [0, 0.05) is 0 Å². The number of aryl methyl sites for hydroxylation is 1. The Hall–Kier alpha value is -1.39. The summed E-state index contributed by atoms with van der Waals surface area (Å²) >= 11 is 0. The van der Waals surface area contributed by atoms with Crippen molar-refractivity contribution in [1.82, 2.24) is 14.8 Å². The lowest BCUT2D eigenvalue weighted by atomic mass is 9.95. The standard InChI is InChI=1S/C13H20N4O/c1-9-15-12(13(7-8-13)11(14)18)17(16-9)10-5-3-2-4-6-10/h10H,2-8H2,1H3,(H2,14,18).